The Morgan fingerprint density at radius 1 is 1.15 bits per heavy atom. The van der Waals surface area contributed by atoms with Gasteiger partial charge >= 0.3 is 5.97 Å². The largest absolute Gasteiger partial charge is 0.497 e. The lowest BCUT2D eigenvalue weighted by molar-refractivity contribution is -0.136. The van der Waals surface area contributed by atoms with E-state index in [1.165, 1.54) is 0 Å². The van der Waals surface area contributed by atoms with Crippen molar-refractivity contribution in [3.63, 3.8) is 0 Å². The Kier molecular flexibility index (Phi) is 5.16. The van der Waals surface area contributed by atoms with E-state index < -0.39 is 5.97 Å². The Bertz CT molecular complexity index is 989. The van der Waals surface area contributed by atoms with Gasteiger partial charge in [-0.3, -0.25) is 9.59 Å². The molecule has 0 aliphatic carbocycles. The molecule has 0 fully saturated rings. The second-order valence-electron chi connectivity index (χ2n) is 6.42. The molecule has 6 nitrogen and oxygen atoms in total. The molecule has 6 heteroatoms. The Morgan fingerprint density at radius 2 is 1.85 bits per heavy atom. The zero-order valence-electron chi connectivity index (χ0n) is 15.6. The van der Waals surface area contributed by atoms with Crippen LogP contribution in [0, 0.1) is 0 Å². The van der Waals surface area contributed by atoms with Gasteiger partial charge in [-0.05, 0) is 48.4 Å². The number of aliphatic carboxylic acids is 1. The van der Waals surface area contributed by atoms with Crippen molar-refractivity contribution in [2.45, 2.75) is 12.8 Å². The van der Waals surface area contributed by atoms with Crippen LogP contribution in [0.5, 0.6) is 5.75 Å². The van der Waals surface area contributed by atoms with Crippen LogP contribution in [0.4, 0.5) is 5.69 Å². The van der Waals surface area contributed by atoms with Crippen molar-refractivity contribution >= 4 is 28.5 Å². The summed E-state index contributed by atoms with van der Waals surface area (Å²) in [5, 5.41) is 9.83. The van der Waals surface area contributed by atoms with Gasteiger partial charge in [0.25, 0.3) is 5.91 Å². The van der Waals surface area contributed by atoms with Gasteiger partial charge in [0.1, 0.15) is 5.75 Å². The summed E-state index contributed by atoms with van der Waals surface area (Å²) < 4.78 is 7.09. The molecule has 1 amide bonds. The second kappa shape index (κ2) is 7.53. The van der Waals surface area contributed by atoms with E-state index in [4.69, 9.17) is 9.84 Å². The summed E-state index contributed by atoms with van der Waals surface area (Å²) in [6, 6.07) is 12.8. The van der Waals surface area contributed by atoms with Gasteiger partial charge in [-0.25, -0.2) is 0 Å². The molecule has 0 spiro atoms. The number of aromatic nitrogens is 1. The smallest absolute Gasteiger partial charge is 0.303 e. The SMILES string of the molecule is COc1ccc(N(C)C(=O)c2cccc3c2c(CCC(=O)O)cn3C)cc1. The highest BCUT2D eigenvalue weighted by Crippen LogP contribution is 2.28. The van der Waals surface area contributed by atoms with Gasteiger partial charge in [0, 0.05) is 48.9 Å². The highest BCUT2D eigenvalue weighted by atomic mass is 16.5. The lowest BCUT2D eigenvalue weighted by Gasteiger charge is -2.19. The first-order chi connectivity index (χ1) is 12.9. The quantitative estimate of drug-likeness (QED) is 0.725. The molecule has 3 aromatic rings. The van der Waals surface area contributed by atoms with E-state index in [-0.39, 0.29) is 12.3 Å². The number of methoxy groups -OCH3 is 1. The summed E-state index contributed by atoms with van der Waals surface area (Å²) >= 11 is 0. The molecule has 0 aliphatic rings. The molecular weight excluding hydrogens is 344 g/mol. The molecule has 0 atom stereocenters. The molecule has 1 aromatic heterocycles. The number of nitrogens with zero attached hydrogens (tertiary/aromatic N) is 2. The molecule has 1 N–H and O–H groups in total. The van der Waals surface area contributed by atoms with Crippen molar-refractivity contribution in [3.05, 3.63) is 59.8 Å². The minimum Gasteiger partial charge on any atom is -0.497 e. The number of carbonyl (C=O) groups is 2. The molecular formula is C21H22N2O4. The first-order valence-electron chi connectivity index (χ1n) is 8.63. The number of carboxylic acids is 1. The summed E-state index contributed by atoms with van der Waals surface area (Å²) in [7, 11) is 5.22. The van der Waals surface area contributed by atoms with E-state index in [1.807, 2.05) is 42.1 Å². The van der Waals surface area contributed by atoms with Crippen molar-refractivity contribution in [2.24, 2.45) is 7.05 Å². The predicted molar refractivity (Wildman–Crippen MR) is 105 cm³/mol. The zero-order chi connectivity index (χ0) is 19.6. The monoisotopic (exact) mass is 366 g/mol. The summed E-state index contributed by atoms with van der Waals surface area (Å²) in [6.45, 7) is 0. The molecule has 0 aliphatic heterocycles. The summed E-state index contributed by atoms with van der Waals surface area (Å²) in [5.41, 5.74) is 3.08. The standard InChI is InChI=1S/C21H22N2O4/c1-22-13-14(7-12-19(24)25)20-17(5-4-6-18(20)22)21(26)23(2)15-8-10-16(27-3)11-9-15/h4-6,8-11,13H,7,12H2,1-3H3,(H,24,25). The van der Waals surface area contributed by atoms with Crippen molar-refractivity contribution in [1.82, 2.24) is 4.57 Å². The first-order valence-corrected chi connectivity index (χ1v) is 8.63. The molecule has 0 unspecified atom stereocenters. The van der Waals surface area contributed by atoms with Crippen LogP contribution >= 0.6 is 0 Å². The number of rotatable bonds is 6. The fourth-order valence-electron chi connectivity index (χ4n) is 3.25. The number of carboxylic acid groups (broad SMARTS) is 1. The normalized spacial score (nSPS) is 10.8. The van der Waals surface area contributed by atoms with Crippen LogP contribution in [-0.4, -0.2) is 35.7 Å². The van der Waals surface area contributed by atoms with Gasteiger partial charge in [-0.2, -0.15) is 0 Å². The van der Waals surface area contributed by atoms with Gasteiger partial charge in [-0.1, -0.05) is 6.07 Å². The minimum absolute atomic E-state index is 0.0238. The third-order valence-corrected chi connectivity index (χ3v) is 4.70. The predicted octanol–water partition coefficient (Wildman–Crippen LogP) is 3.48. The fourth-order valence-corrected chi connectivity index (χ4v) is 3.25. The number of benzene rings is 2. The van der Waals surface area contributed by atoms with E-state index in [0.717, 1.165) is 27.9 Å². The maximum Gasteiger partial charge on any atom is 0.303 e. The number of carbonyl (C=O) groups excluding carboxylic acids is 1. The third kappa shape index (κ3) is 3.65. The highest BCUT2D eigenvalue weighted by Gasteiger charge is 2.20. The van der Waals surface area contributed by atoms with Crippen LogP contribution in [0.1, 0.15) is 22.3 Å². The molecule has 27 heavy (non-hydrogen) atoms. The average Bonchev–Trinajstić information content (AvgIpc) is 3.01. The molecule has 1 heterocycles. The first kappa shape index (κ1) is 18.5. The van der Waals surface area contributed by atoms with Gasteiger partial charge in [0.05, 0.1) is 7.11 Å². The zero-order valence-corrected chi connectivity index (χ0v) is 15.6. The van der Waals surface area contributed by atoms with Crippen LogP contribution in [0.3, 0.4) is 0 Å². The molecule has 0 bridgehead atoms. The number of anilines is 1. The maximum absolute atomic E-state index is 13.2. The molecule has 3 rings (SSSR count). The lowest BCUT2D eigenvalue weighted by atomic mass is 10.0. The molecule has 0 saturated carbocycles. The van der Waals surface area contributed by atoms with Crippen molar-refractivity contribution in [1.29, 1.82) is 0 Å². The van der Waals surface area contributed by atoms with Crippen LogP contribution in [-0.2, 0) is 18.3 Å². The molecule has 0 radical (unpaired) electrons. The summed E-state index contributed by atoms with van der Waals surface area (Å²) in [5.74, 6) is -0.277. The summed E-state index contributed by atoms with van der Waals surface area (Å²) in [4.78, 5) is 25.8. The number of hydrogen-bond acceptors (Lipinski definition) is 3. The highest BCUT2D eigenvalue weighted by molar-refractivity contribution is 6.14. The number of ether oxygens (including phenoxy) is 1. The van der Waals surface area contributed by atoms with E-state index >= 15 is 0 Å². The van der Waals surface area contributed by atoms with E-state index in [0.29, 0.717) is 12.0 Å². The van der Waals surface area contributed by atoms with Gasteiger partial charge < -0.3 is 19.3 Å². The van der Waals surface area contributed by atoms with Crippen LogP contribution in [0.15, 0.2) is 48.7 Å². The number of hydrogen-bond donors (Lipinski definition) is 1. The van der Waals surface area contributed by atoms with Gasteiger partial charge in [0.2, 0.25) is 0 Å². The Balaban J connectivity index is 2.01. The number of fused-ring (bicyclic) bond motifs is 1. The number of amides is 1. The molecule has 0 saturated heterocycles. The van der Waals surface area contributed by atoms with Crippen LogP contribution in [0.2, 0.25) is 0 Å². The third-order valence-electron chi connectivity index (χ3n) is 4.70. The van der Waals surface area contributed by atoms with E-state index in [2.05, 4.69) is 0 Å². The van der Waals surface area contributed by atoms with Crippen molar-refractivity contribution in [3.8, 4) is 5.75 Å². The van der Waals surface area contributed by atoms with E-state index in [1.54, 1.807) is 37.3 Å². The van der Waals surface area contributed by atoms with Gasteiger partial charge in [-0.15, -0.1) is 0 Å². The van der Waals surface area contributed by atoms with Crippen LogP contribution < -0.4 is 9.64 Å². The topological polar surface area (TPSA) is 71.8 Å². The molecule has 2 aromatic carbocycles. The van der Waals surface area contributed by atoms with Crippen molar-refractivity contribution in [2.75, 3.05) is 19.1 Å². The summed E-state index contributed by atoms with van der Waals surface area (Å²) in [6.07, 6.45) is 2.30. The maximum atomic E-state index is 13.2. The Morgan fingerprint density at radius 3 is 2.48 bits per heavy atom. The van der Waals surface area contributed by atoms with Crippen LogP contribution in [0.25, 0.3) is 10.9 Å². The fraction of sp³-hybridized carbons (Fsp3) is 0.238. The number of aryl methyl sites for hydroxylation is 2. The molecule has 140 valence electrons. The van der Waals surface area contributed by atoms with E-state index in [9.17, 15) is 9.59 Å². The minimum atomic E-state index is -0.855. The van der Waals surface area contributed by atoms with Gasteiger partial charge in [0.15, 0.2) is 0 Å². The Hall–Kier alpha value is -3.28. The average molecular weight is 366 g/mol. The lowest BCUT2D eigenvalue weighted by Crippen LogP contribution is -2.26. The Labute approximate surface area is 157 Å². The van der Waals surface area contributed by atoms with Crippen molar-refractivity contribution < 1.29 is 19.4 Å². The second-order valence-corrected chi connectivity index (χ2v) is 6.42.